The fourth-order valence-electron chi connectivity index (χ4n) is 3.37. The Balaban J connectivity index is 2.11. The van der Waals surface area contributed by atoms with Gasteiger partial charge in [0.15, 0.2) is 0 Å². The summed E-state index contributed by atoms with van der Waals surface area (Å²) in [4.78, 5) is 28.0. The van der Waals surface area contributed by atoms with Crippen LogP contribution in [0.3, 0.4) is 0 Å². The van der Waals surface area contributed by atoms with Gasteiger partial charge in [-0.1, -0.05) is 57.2 Å². The van der Waals surface area contributed by atoms with E-state index in [-0.39, 0.29) is 11.8 Å². The lowest BCUT2D eigenvalue weighted by Crippen LogP contribution is -2.50. The molecule has 32 heavy (non-hydrogen) atoms. The van der Waals surface area contributed by atoms with Crippen LogP contribution in [0.1, 0.15) is 43.9 Å². The maximum absolute atomic E-state index is 13.3. The summed E-state index contributed by atoms with van der Waals surface area (Å²) in [5.74, 6) is 2.13. The lowest BCUT2D eigenvalue weighted by Gasteiger charge is -2.31. The molecule has 6 heteroatoms. The van der Waals surface area contributed by atoms with E-state index >= 15 is 0 Å². The second-order valence-electron chi connectivity index (χ2n) is 8.35. The van der Waals surface area contributed by atoms with Crippen molar-refractivity contribution < 1.29 is 14.3 Å². The average molecular weight is 457 g/mol. The summed E-state index contributed by atoms with van der Waals surface area (Å²) in [6.45, 7) is 9.16. The number of rotatable bonds is 12. The van der Waals surface area contributed by atoms with E-state index in [0.29, 0.717) is 31.2 Å². The van der Waals surface area contributed by atoms with Crippen LogP contribution < -0.4 is 10.1 Å². The number of carbonyl (C=O) groups is 2. The first-order valence-corrected chi connectivity index (χ1v) is 12.3. The summed E-state index contributed by atoms with van der Waals surface area (Å²) >= 11 is 1.57. The fourth-order valence-corrected chi connectivity index (χ4v) is 4.24. The Hall–Kier alpha value is -2.47. The molecule has 0 aliphatic heterocycles. The van der Waals surface area contributed by atoms with Crippen LogP contribution in [0.15, 0.2) is 48.5 Å². The molecule has 0 bridgehead atoms. The van der Waals surface area contributed by atoms with Crippen molar-refractivity contribution in [1.82, 2.24) is 10.2 Å². The van der Waals surface area contributed by atoms with Crippen LogP contribution in [0.5, 0.6) is 5.75 Å². The number of methoxy groups -OCH3 is 1. The minimum absolute atomic E-state index is 0.0155. The van der Waals surface area contributed by atoms with Gasteiger partial charge in [-0.3, -0.25) is 9.59 Å². The molecule has 2 amide bonds. The molecule has 2 rings (SSSR count). The number of ether oxygens (including phenoxy) is 1. The first-order valence-electron chi connectivity index (χ1n) is 11.2. The van der Waals surface area contributed by atoms with E-state index in [9.17, 15) is 9.59 Å². The van der Waals surface area contributed by atoms with Crippen molar-refractivity contribution in [3.05, 3.63) is 65.2 Å². The van der Waals surface area contributed by atoms with Gasteiger partial charge >= 0.3 is 0 Å². The Bertz CT molecular complexity index is 868. The number of carbonyl (C=O) groups excluding carboxylic acids is 2. The Kier molecular flexibility index (Phi) is 10.6. The first kappa shape index (κ1) is 25.8. The highest BCUT2D eigenvalue weighted by atomic mass is 32.2. The Morgan fingerprint density at radius 1 is 1.09 bits per heavy atom. The van der Waals surface area contributed by atoms with Gasteiger partial charge in [-0.25, -0.2) is 0 Å². The molecule has 0 aliphatic carbocycles. The number of amides is 2. The van der Waals surface area contributed by atoms with Gasteiger partial charge in [-0.05, 0) is 48.1 Å². The summed E-state index contributed by atoms with van der Waals surface area (Å²) in [6.07, 6.45) is 0.574. The summed E-state index contributed by atoms with van der Waals surface area (Å²) < 4.78 is 5.20. The molecule has 2 aromatic rings. The third kappa shape index (κ3) is 7.90. The van der Waals surface area contributed by atoms with E-state index in [1.807, 2.05) is 62.4 Å². The maximum atomic E-state index is 13.3. The molecule has 5 nitrogen and oxygen atoms in total. The second-order valence-corrected chi connectivity index (χ2v) is 9.34. The Labute approximate surface area is 196 Å². The van der Waals surface area contributed by atoms with Gasteiger partial charge < -0.3 is 15.0 Å². The van der Waals surface area contributed by atoms with Crippen molar-refractivity contribution in [2.24, 2.45) is 5.92 Å². The van der Waals surface area contributed by atoms with E-state index in [1.54, 1.807) is 23.8 Å². The number of aryl methyl sites for hydroxylation is 1. The van der Waals surface area contributed by atoms with Crippen LogP contribution in [-0.2, 0) is 21.9 Å². The van der Waals surface area contributed by atoms with Crippen LogP contribution in [0.2, 0.25) is 0 Å². The zero-order valence-electron chi connectivity index (χ0n) is 19.9. The maximum Gasteiger partial charge on any atom is 0.242 e. The topological polar surface area (TPSA) is 58.6 Å². The number of nitrogens with one attached hydrogen (secondary N) is 1. The van der Waals surface area contributed by atoms with Crippen molar-refractivity contribution in [3.8, 4) is 5.75 Å². The minimum atomic E-state index is -0.484. The zero-order chi connectivity index (χ0) is 23.5. The van der Waals surface area contributed by atoms with Crippen molar-refractivity contribution >= 4 is 23.6 Å². The summed E-state index contributed by atoms with van der Waals surface area (Å²) in [5.41, 5.74) is 3.32. The molecular weight excluding hydrogens is 420 g/mol. The molecule has 2 aromatic carbocycles. The van der Waals surface area contributed by atoms with E-state index < -0.39 is 6.04 Å². The van der Waals surface area contributed by atoms with Gasteiger partial charge in [-0.2, -0.15) is 0 Å². The lowest BCUT2D eigenvalue weighted by molar-refractivity contribution is -0.139. The van der Waals surface area contributed by atoms with Gasteiger partial charge in [0.05, 0.1) is 12.9 Å². The van der Waals surface area contributed by atoms with Crippen LogP contribution in [0.4, 0.5) is 0 Å². The SMILES string of the molecule is CC[C@H](C(=O)NCC(C)C)N(Cc1ccccc1C)C(=O)CSCc1ccc(OC)cc1. The summed E-state index contributed by atoms with van der Waals surface area (Å²) in [7, 11) is 1.65. The predicted molar refractivity (Wildman–Crippen MR) is 133 cm³/mol. The molecule has 0 heterocycles. The molecule has 0 aromatic heterocycles. The molecule has 0 fully saturated rings. The van der Waals surface area contributed by atoms with Gasteiger partial charge in [0.2, 0.25) is 11.8 Å². The van der Waals surface area contributed by atoms with Crippen molar-refractivity contribution in [3.63, 3.8) is 0 Å². The second kappa shape index (κ2) is 13.2. The monoisotopic (exact) mass is 456 g/mol. The first-order chi connectivity index (χ1) is 15.3. The van der Waals surface area contributed by atoms with Crippen LogP contribution in [0.25, 0.3) is 0 Å². The number of benzene rings is 2. The summed E-state index contributed by atoms with van der Waals surface area (Å²) in [6, 6.07) is 15.4. The molecule has 1 atom stereocenters. The number of hydrogen-bond acceptors (Lipinski definition) is 4. The fraction of sp³-hybridized carbons (Fsp3) is 0.462. The normalized spacial score (nSPS) is 11.8. The largest absolute Gasteiger partial charge is 0.497 e. The molecule has 0 saturated heterocycles. The van der Waals surface area contributed by atoms with E-state index in [0.717, 1.165) is 28.2 Å². The summed E-state index contributed by atoms with van der Waals surface area (Å²) in [5, 5.41) is 3.01. The van der Waals surface area contributed by atoms with Crippen LogP contribution in [0, 0.1) is 12.8 Å². The molecule has 0 unspecified atom stereocenters. The third-order valence-electron chi connectivity index (χ3n) is 5.33. The van der Waals surface area contributed by atoms with Gasteiger partial charge in [0.1, 0.15) is 11.8 Å². The predicted octanol–water partition coefficient (Wildman–Crippen LogP) is 4.82. The van der Waals surface area contributed by atoms with Crippen LogP contribution in [-0.4, -0.2) is 42.2 Å². The van der Waals surface area contributed by atoms with Gasteiger partial charge in [0.25, 0.3) is 0 Å². The van der Waals surface area contributed by atoms with E-state index in [2.05, 4.69) is 19.2 Å². The average Bonchev–Trinajstić information content (AvgIpc) is 2.79. The number of thioether (sulfide) groups is 1. The molecule has 0 radical (unpaired) electrons. The lowest BCUT2D eigenvalue weighted by atomic mass is 10.1. The van der Waals surface area contributed by atoms with E-state index in [4.69, 9.17) is 4.74 Å². The third-order valence-corrected chi connectivity index (χ3v) is 6.31. The molecule has 174 valence electrons. The molecule has 0 saturated carbocycles. The Morgan fingerprint density at radius 2 is 1.78 bits per heavy atom. The van der Waals surface area contributed by atoms with Gasteiger partial charge in [-0.15, -0.1) is 11.8 Å². The Morgan fingerprint density at radius 3 is 2.38 bits per heavy atom. The highest BCUT2D eigenvalue weighted by Gasteiger charge is 2.28. The number of nitrogens with zero attached hydrogens (tertiary/aromatic N) is 1. The highest BCUT2D eigenvalue weighted by Crippen LogP contribution is 2.20. The quantitative estimate of drug-likeness (QED) is 0.498. The number of hydrogen-bond donors (Lipinski definition) is 1. The minimum Gasteiger partial charge on any atom is -0.497 e. The smallest absolute Gasteiger partial charge is 0.242 e. The highest BCUT2D eigenvalue weighted by molar-refractivity contribution is 7.99. The molecule has 0 aliphatic rings. The standard InChI is InChI=1S/C26H36N2O3S/c1-6-24(26(30)27-15-19(2)3)28(16-22-10-8-7-9-20(22)4)25(29)18-32-17-21-11-13-23(31-5)14-12-21/h7-14,19,24H,6,15-18H2,1-5H3,(H,27,30)/t24-/m1/s1. The van der Waals surface area contributed by atoms with Crippen LogP contribution >= 0.6 is 11.8 Å². The van der Waals surface area contributed by atoms with Crippen molar-refractivity contribution in [1.29, 1.82) is 0 Å². The van der Waals surface area contributed by atoms with Crippen molar-refractivity contribution in [2.45, 2.75) is 52.5 Å². The van der Waals surface area contributed by atoms with E-state index in [1.165, 1.54) is 0 Å². The van der Waals surface area contributed by atoms with Crippen molar-refractivity contribution in [2.75, 3.05) is 19.4 Å². The van der Waals surface area contributed by atoms with Gasteiger partial charge in [0, 0.05) is 18.8 Å². The molecule has 1 N–H and O–H groups in total. The molecule has 0 spiro atoms. The zero-order valence-corrected chi connectivity index (χ0v) is 20.7. The molecular formula is C26H36N2O3S.